The van der Waals surface area contributed by atoms with Gasteiger partial charge < -0.3 is 19.9 Å². The minimum atomic E-state index is -0.575. The first-order valence-corrected chi connectivity index (χ1v) is 17.5. The molecular weight excluding hydrogens is 637 g/mol. The van der Waals surface area contributed by atoms with Gasteiger partial charge in [-0.05, 0) is 59.7 Å². The van der Waals surface area contributed by atoms with E-state index in [0.29, 0.717) is 38.0 Å². The van der Waals surface area contributed by atoms with Gasteiger partial charge >= 0.3 is 0 Å². The lowest BCUT2D eigenvalue weighted by Crippen LogP contribution is -2.31. The summed E-state index contributed by atoms with van der Waals surface area (Å²) in [7, 11) is 0. The Balaban J connectivity index is 1.24. The van der Waals surface area contributed by atoms with Gasteiger partial charge in [0.05, 0.1) is 18.8 Å². The third-order valence-electron chi connectivity index (χ3n) is 7.86. The number of aryl methyl sites for hydroxylation is 1. The summed E-state index contributed by atoms with van der Waals surface area (Å²) in [5.74, 6) is 0.269. The summed E-state index contributed by atoms with van der Waals surface area (Å²) in [6.07, 6.45) is 2.52. The summed E-state index contributed by atoms with van der Waals surface area (Å²) in [5, 5.41) is 30.4. The molecule has 1 saturated heterocycles. The molecule has 5 rings (SSSR count). The zero-order chi connectivity index (χ0) is 33.0. The topological polar surface area (TPSA) is 143 Å². The Kier molecular flexibility index (Phi) is 12.9. The van der Waals surface area contributed by atoms with Crippen LogP contribution in [0.4, 0.5) is 0 Å². The highest BCUT2D eigenvalue weighted by Crippen LogP contribution is 2.40. The van der Waals surface area contributed by atoms with Crippen LogP contribution < -0.4 is 10.8 Å². The SMILES string of the molecule is Cc1nnc(SCC2CC(c3ccc(CO)cc3)OC(c3cccc(-c4cccc(CNC(=O)CCCCCC(=O)NO)c4)c3)O2)s1. The van der Waals surface area contributed by atoms with E-state index in [9.17, 15) is 14.7 Å². The molecule has 4 N–H and O–H groups in total. The van der Waals surface area contributed by atoms with Crippen molar-refractivity contribution in [2.75, 3.05) is 5.75 Å². The minimum absolute atomic E-state index is 0.00647. The summed E-state index contributed by atoms with van der Waals surface area (Å²) in [6.45, 7) is 2.36. The van der Waals surface area contributed by atoms with E-state index < -0.39 is 12.2 Å². The molecule has 1 aliphatic heterocycles. The quantitative estimate of drug-likeness (QED) is 0.0486. The number of aliphatic hydroxyl groups is 1. The first-order chi connectivity index (χ1) is 22.9. The van der Waals surface area contributed by atoms with Crippen LogP contribution in [0.3, 0.4) is 0 Å². The fourth-order valence-electron chi connectivity index (χ4n) is 5.34. The number of unbranched alkanes of at least 4 members (excludes halogenated alkanes) is 2. The van der Waals surface area contributed by atoms with Crippen LogP contribution in [0.15, 0.2) is 77.1 Å². The van der Waals surface area contributed by atoms with Gasteiger partial charge in [-0.1, -0.05) is 90.2 Å². The van der Waals surface area contributed by atoms with Crippen molar-refractivity contribution in [3.63, 3.8) is 0 Å². The molecule has 3 aromatic carbocycles. The highest BCUT2D eigenvalue weighted by atomic mass is 32.2. The average molecular weight is 677 g/mol. The van der Waals surface area contributed by atoms with Gasteiger partial charge in [0, 0.05) is 37.1 Å². The van der Waals surface area contributed by atoms with Gasteiger partial charge in [0.25, 0.3) is 0 Å². The van der Waals surface area contributed by atoms with Crippen LogP contribution in [-0.4, -0.2) is 44.2 Å². The number of benzene rings is 3. The van der Waals surface area contributed by atoms with Crippen LogP contribution in [0.1, 0.15) is 78.2 Å². The van der Waals surface area contributed by atoms with E-state index in [1.54, 1.807) is 28.6 Å². The number of aromatic nitrogens is 2. The van der Waals surface area contributed by atoms with Crippen molar-refractivity contribution in [3.05, 3.63) is 100 Å². The Morgan fingerprint density at radius 3 is 2.36 bits per heavy atom. The molecule has 1 aromatic heterocycles. The van der Waals surface area contributed by atoms with Crippen LogP contribution in [0.5, 0.6) is 0 Å². The predicted molar refractivity (Wildman–Crippen MR) is 181 cm³/mol. The van der Waals surface area contributed by atoms with Crippen molar-refractivity contribution in [1.29, 1.82) is 0 Å². The number of thioether (sulfide) groups is 1. The number of hydrogen-bond donors (Lipinski definition) is 4. The van der Waals surface area contributed by atoms with Crippen LogP contribution in [0.25, 0.3) is 11.1 Å². The maximum Gasteiger partial charge on any atom is 0.243 e. The molecule has 4 aromatic rings. The molecule has 0 spiro atoms. The van der Waals surface area contributed by atoms with Crippen molar-refractivity contribution in [3.8, 4) is 11.1 Å². The minimum Gasteiger partial charge on any atom is -0.392 e. The normalized spacial score (nSPS) is 17.7. The fourth-order valence-corrected chi connectivity index (χ4v) is 7.20. The van der Waals surface area contributed by atoms with Gasteiger partial charge in [0.2, 0.25) is 11.8 Å². The molecule has 3 unspecified atom stereocenters. The monoisotopic (exact) mass is 676 g/mol. The van der Waals surface area contributed by atoms with Crippen molar-refractivity contribution < 1.29 is 29.4 Å². The zero-order valence-corrected chi connectivity index (χ0v) is 27.9. The molecule has 0 bridgehead atoms. The highest BCUT2D eigenvalue weighted by Gasteiger charge is 2.32. The Labute approximate surface area is 282 Å². The van der Waals surface area contributed by atoms with Gasteiger partial charge in [-0.3, -0.25) is 14.8 Å². The van der Waals surface area contributed by atoms with Gasteiger partial charge in [-0.2, -0.15) is 0 Å². The fraction of sp³-hybridized carbons (Fsp3) is 0.371. The Morgan fingerprint density at radius 1 is 0.894 bits per heavy atom. The van der Waals surface area contributed by atoms with E-state index in [4.69, 9.17) is 14.7 Å². The zero-order valence-electron chi connectivity index (χ0n) is 26.3. The average Bonchev–Trinajstić information content (AvgIpc) is 3.54. The molecule has 2 amide bonds. The number of carbonyl (C=O) groups is 2. The van der Waals surface area contributed by atoms with Gasteiger partial charge in [0.1, 0.15) is 5.01 Å². The molecule has 248 valence electrons. The van der Waals surface area contributed by atoms with E-state index in [2.05, 4.69) is 33.7 Å². The largest absolute Gasteiger partial charge is 0.392 e. The highest BCUT2D eigenvalue weighted by molar-refractivity contribution is 8.01. The summed E-state index contributed by atoms with van der Waals surface area (Å²) in [6, 6.07) is 24.1. The predicted octanol–water partition coefficient (Wildman–Crippen LogP) is 6.42. The summed E-state index contributed by atoms with van der Waals surface area (Å²) in [4.78, 5) is 23.5. The smallest absolute Gasteiger partial charge is 0.243 e. The number of amides is 2. The number of ether oxygens (including phenoxy) is 2. The lowest BCUT2D eigenvalue weighted by atomic mass is 9.99. The van der Waals surface area contributed by atoms with E-state index in [1.165, 1.54) is 0 Å². The molecule has 0 radical (unpaired) electrons. The number of hydrogen-bond acceptors (Lipinski definition) is 10. The van der Waals surface area contributed by atoms with Crippen LogP contribution in [0, 0.1) is 6.92 Å². The number of nitrogens with one attached hydrogen (secondary N) is 2. The number of nitrogens with zero attached hydrogens (tertiary/aromatic N) is 2. The van der Waals surface area contributed by atoms with E-state index >= 15 is 0 Å². The number of carbonyl (C=O) groups excluding carboxylic acids is 2. The Hall–Kier alpha value is -3.65. The summed E-state index contributed by atoms with van der Waals surface area (Å²) in [5.41, 5.74) is 7.45. The summed E-state index contributed by atoms with van der Waals surface area (Å²) >= 11 is 3.22. The third-order valence-corrected chi connectivity index (χ3v) is 9.96. The van der Waals surface area contributed by atoms with Crippen molar-refractivity contribution in [1.82, 2.24) is 21.0 Å². The number of hydroxylamine groups is 1. The molecule has 47 heavy (non-hydrogen) atoms. The molecule has 12 heteroatoms. The number of rotatable bonds is 15. The lowest BCUT2D eigenvalue weighted by Gasteiger charge is -2.36. The van der Waals surface area contributed by atoms with Crippen molar-refractivity contribution >= 4 is 34.9 Å². The second kappa shape index (κ2) is 17.5. The molecule has 10 nitrogen and oxygen atoms in total. The molecule has 3 atom stereocenters. The van der Waals surface area contributed by atoms with E-state index in [-0.39, 0.29) is 31.1 Å². The van der Waals surface area contributed by atoms with E-state index in [1.807, 2.05) is 61.5 Å². The maximum absolute atomic E-state index is 12.4. The molecular formula is C35H40N4O6S2. The Morgan fingerprint density at radius 2 is 1.64 bits per heavy atom. The maximum atomic E-state index is 12.4. The molecule has 0 aliphatic carbocycles. The molecule has 1 aliphatic rings. The first kappa shape index (κ1) is 34.7. The number of aliphatic hydroxyl groups excluding tert-OH is 1. The molecule has 1 fully saturated rings. The first-order valence-electron chi connectivity index (χ1n) is 15.7. The van der Waals surface area contributed by atoms with Gasteiger partial charge in [-0.15, -0.1) is 10.2 Å². The second-order valence-electron chi connectivity index (χ2n) is 11.4. The van der Waals surface area contributed by atoms with Crippen LogP contribution in [-0.2, 0) is 32.2 Å². The van der Waals surface area contributed by atoms with Crippen molar-refractivity contribution in [2.24, 2.45) is 0 Å². The van der Waals surface area contributed by atoms with Crippen LogP contribution in [0.2, 0.25) is 0 Å². The van der Waals surface area contributed by atoms with Crippen molar-refractivity contribution in [2.45, 2.75) is 81.4 Å². The van der Waals surface area contributed by atoms with Gasteiger partial charge in [0.15, 0.2) is 10.6 Å². The van der Waals surface area contributed by atoms with Crippen LogP contribution >= 0.6 is 23.1 Å². The summed E-state index contributed by atoms with van der Waals surface area (Å²) < 4.78 is 14.0. The second-order valence-corrected chi connectivity index (χ2v) is 13.9. The molecule has 2 heterocycles. The standard InChI is InChI=1S/C35H40N4O6S2/c1-23-37-38-35(47-23)46-22-30-19-31(26-15-13-24(21-40)14-16-26)45-34(44-30)29-10-6-9-28(18-29)27-8-5-7-25(17-27)20-36-32(41)11-3-2-4-12-33(42)39-43/h5-10,13-18,30-31,34,40,43H,2-4,11-12,19-22H2,1H3,(H,36,41)(H,39,42). The Bertz CT molecular complexity index is 1620. The van der Waals surface area contributed by atoms with E-state index in [0.717, 1.165) is 49.1 Å². The molecule has 0 saturated carbocycles. The lowest BCUT2D eigenvalue weighted by molar-refractivity contribution is -0.245. The van der Waals surface area contributed by atoms with Gasteiger partial charge in [-0.25, -0.2) is 5.48 Å². The third kappa shape index (κ3) is 10.4.